The van der Waals surface area contributed by atoms with Crippen molar-refractivity contribution >= 4 is 23.9 Å². The van der Waals surface area contributed by atoms with Crippen LogP contribution in [0.4, 0.5) is 0 Å². The van der Waals surface area contributed by atoms with Crippen LogP contribution in [0.2, 0.25) is 0 Å². The first-order chi connectivity index (χ1) is 21.5. The van der Waals surface area contributed by atoms with E-state index < -0.39 is 134 Å². The normalized spacial score (nSPS) is 17.7. The van der Waals surface area contributed by atoms with Gasteiger partial charge in [-0.05, 0) is 24.3 Å². The van der Waals surface area contributed by atoms with Crippen molar-refractivity contribution in [3.8, 4) is 62.9 Å². The lowest BCUT2D eigenvalue weighted by Gasteiger charge is -2.31. The highest BCUT2D eigenvalue weighted by molar-refractivity contribution is 6.08. The van der Waals surface area contributed by atoms with Crippen LogP contribution in [0.15, 0.2) is 24.3 Å². The molecule has 0 saturated heterocycles. The number of hydrogen-bond donors (Lipinski definition) is 12. The average molecular weight is 650 g/mol. The number of aliphatic hydroxyl groups is 2. The number of esters is 3. The van der Waals surface area contributed by atoms with Crippen LogP contribution in [0.25, 0.3) is 11.1 Å². The van der Waals surface area contributed by atoms with Crippen LogP contribution in [0.1, 0.15) is 31.1 Å². The molecular weight excluding hydrogens is 628 g/mol. The van der Waals surface area contributed by atoms with Gasteiger partial charge in [-0.3, -0.25) is 0 Å². The first kappa shape index (κ1) is 32.6. The number of rotatable bonds is 5. The fourth-order valence-electron chi connectivity index (χ4n) is 4.35. The SMILES string of the molecule is O=C(OC1COC(=O)c2cc(O)c(O)c(O)c2-c2c(cc(O)c(O)c2O)C(=O)O[C@H]1C(O)C(O)C(=O)O)c1cc(O)c(O)c(O)c1. The lowest BCUT2D eigenvalue weighted by molar-refractivity contribution is -0.165. The molecule has 0 bridgehead atoms. The molecule has 3 aromatic rings. The molecular formula is C27H22O19. The van der Waals surface area contributed by atoms with Crippen molar-refractivity contribution in [3.63, 3.8) is 0 Å². The van der Waals surface area contributed by atoms with Crippen LogP contribution in [0, 0.1) is 0 Å². The predicted octanol–water partition coefficient (Wildman–Crippen LogP) is -0.568. The Kier molecular flexibility index (Phi) is 8.48. The summed E-state index contributed by atoms with van der Waals surface area (Å²) in [6, 6.07) is 2.05. The molecule has 0 fully saturated rings. The number of ether oxygens (including phenoxy) is 3. The molecule has 0 aromatic heterocycles. The van der Waals surface area contributed by atoms with Gasteiger partial charge in [0, 0.05) is 11.1 Å². The number of aliphatic carboxylic acids is 1. The maximum Gasteiger partial charge on any atom is 0.339 e. The van der Waals surface area contributed by atoms with Crippen LogP contribution in [-0.2, 0) is 19.0 Å². The third kappa shape index (κ3) is 5.65. The highest BCUT2D eigenvalue weighted by Gasteiger charge is 2.44. The topological polar surface area (TPSA) is 339 Å². The van der Waals surface area contributed by atoms with E-state index in [9.17, 15) is 80.5 Å². The van der Waals surface area contributed by atoms with Gasteiger partial charge < -0.3 is 75.5 Å². The summed E-state index contributed by atoms with van der Waals surface area (Å²) in [6.45, 7) is -1.29. The summed E-state index contributed by atoms with van der Waals surface area (Å²) in [7, 11) is 0. The van der Waals surface area contributed by atoms with Crippen molar-refractivity contribution in [1.82, 2.24) is 0 Å². The van der Waals surface area contributed by atoms with Crippen LogP contribution in [0.3, 0.4) is 0 Å². The largest absolute Gasteiger partial charge is 0.504 e. The Morgan fingerprint density at radius 1 is 0.696 bits per heavy atom. The molecule has 12 N–H and O–H groups in total. The Hall–Kier alpha value is -6.34. The third-order valence-electron chi connectivity index (χ3n) is 6.66. The average Bonchev–Trinajstić information content (AvgIpc) is 3.01. The molecule has 46 heavy (non-hydrogen) atoms. The lowest BCUT2D eigenvalue weighted by Crippen LogP contribution is -2.52. The van der Waals surface area contributed by atoms with Crippen molar-refractivity contribution in [1.29, 1.82) is 0 Å². The Labute approximate surface area is 253 Å². The van der Waals surface area contributed by atoms with E-state index in [4.69, 9.17) is 14.2 Å². The Bertz CT molecular complexity index is 1760. The summed E-state index contributed by atoms with van der Waals surface area (Å²) >= 11 is 0. The number of aromatic hydroxyl groups is 9. The van der Waals surface area contributed by atoms with Gasteiger partial charge in [0.15, 0.2) is 58.6 Å². The minimum absolute atomic E-state index is 0.406. The minimum Gasteiger partial charge on any atom is -0.504 e. The number of fused-ring (bicyclic) bond motifs is 3. The number of aliphatic hydroxyl groups excluding tert-OH is 2. The van der Waals surface area contributed by atoms with E-state index in [0.717, 1.165) is 0 Å². The number of hydrogen-bond acceptors (Lipinski definition) is 18. The molecule has 3 aromatic carbocycles. The summed E-state index contributed by atoms with van der Waals surface area (Å²) in [4.78, 5) is 51.3. The molecule has 0 amide bonds. The minimum atomic E-state index is -2.79. The molecule has 19 heteroatoms. The molecule has 1 aliphatic rings. The second-order valence-corrected chi connectivity index (χ2v) is 9.58. The molecule has 1 aliphatic heterocycles. The summed E-state index contributed by atoms with van der Waals surface area (Å²) < 4.78 is 15.3. The number of phenols is 9. The molecule has 0 spiro atoms. The zero-order chi connectivity index (χ0) is 34.4. The summed E-state index contributed by atoms with van der Waals surface area (Å²) in [6.07, 6.45) is -10.3. The summed E-state index contributed by atoms with van der Waals surface area (Å²) in [5, 5.41) is 121. The first-order valence-corrected chi connectivity index (χ1v) is 12.4. The first-order valence-electron chi connectivity index (χ1n) is 12.4. The number of carboxylic acid groups (broad SMARTS) is 1. The molecule has 0 radical (unpaired) electrons. The predicted molar refractivity (Wildman–Crippen MR) is 142 cm³/mol. The van der Waals surface area contributed by atoms with Crippen LogP contribution in [0.5, 0.6) is 51.7 Å². The quantitative estimate of drug-likeness (QED) is 0.0934. The van der Waals surface area contributed by atoms with Crippen LogP contribution in [-0.4, -0.2) is 116 Å². The molecule has 19 nitrogen and oxygen atoms in total. The van der Waals surface area contributed by atoms with E-state index in [1.807, 2.05) is 0 Å². The van der Waals surface area contributed by atoms with Gasteiger partial charge >= 0.3 is 23.9 Å². The van der Waals surface area contributed by atoms with Gasteiger partial charge in [0.2, 0.25) is 11.5 Å². The van der Waals surface area contributed by atoms with Gasteiger partial charge in [-0.15, -0.1) is 0 Å². The van der Waals surface area contributed by atoms with Crippen molar-refractivity contribution in [2.45, 2.75) is 24.4 Å². The highest BCUT2D eigenvalue weighted by atomic mass is 16.6. The van der Waals surface area contributed by atoms with E-state index in [0.29, 0.717) is 24.3 Å². The molecule has 4 rings (SSSR count). The summed E-state index contributed by atoms with van der Waals surface area (Å²) in [5.74, 6) is -17.9. The smallest absolute Gasteiger partial charge is 0.339 e. The fourth-order valence-corrected chi connectivity index (χ4v) is 4.35. The number of benzene rings is 3. The van der Waals surface area contributed by atoms with E-state index in [-0.39, 0.29) is 0 Å². The number of phenolic OH excluding ortho intramolecular Hbond substituents is 9. The van der Waals surface area contributed by atoms with Gasteiger partial charge in [0.1, 0.15) is 12.7 Å². The van der Waals surface area contributed by atoms with E-state index in [1.54, 1.807) is 0 Å². The second-order valence-electron chi connectivity index (χ2n) is 9.58. The standard InChI is InChI=1S/C27H22O19/c28-9-1-6(2-10(29)16(9)32)25(41)45-13-5-44-26(42)7-3-11(30)17(33)19(35)14(7)15-8(4-12(31)18(34)20(15)36)27(43)46-23(13)21(37)22(38)24(39)40/h1-4,13,21-23,28-38H,5H2,(H,39,40)/t13?,21?,22?,23-/m1/s1. The molecule has 0 aliphatic carbocycles. The Morgan fingerprint density at radius 3 is 1.63 bits per heavy atom. The Morgan fingerprint density at radius 2 is 1.15 bits per heavy atom. The van der Waals surface area contributed by atoms with Gasteiger partial charge in [0.25, 0.3) is 0 Å². The number of carbonyl (C=O) groups is 4. The maximum absolute atomic E-state index is 13.5. The van der Waals surface area contributed by atoms with Crippen molar-refractivity contribution in [3.05, 3.63) is 41.0 Å². The zero-order valence-corrected chi connectivity index (χ0v) is 22.6. The van der Waals surface area contributed by atoms with E-state index in [2.05, 4.69) is 0 Å². The highest BCUT2D eigenvalue weighted by Crippen LogP contribution is 2.52. The summed E-state index contributed by atoms with van der Waals surface area (Å²) in [5.41, 5.74) is -4.75. The maximum atomic E-state index is 13.5. The van der Waals surface area contributed by atoms with Gasteiger partial charge in [-0.1, -0.05) is 0 Å². The van der Waals surface area contributed by atoms with Crippen molar-refractivity contribution < 1.29 is 94.7 Å². The zero-order valence-electron chi connectivity index (χ0n) is 22.6. The van der Waals surface area contributed by atoms with Crippen molar-refractivity contribution in [2.24, 2.45) is 0 Å². The van der Waals surface area contributed by atoms with E-state index in [1.165, 1.54) is 0 Å². The number of carboxylic acids is 1. The van der Waals surface area contributed by atoms with Crippen LogP contribution >= 0.6 is 0 Å². The fraction of sp³-hybridized carbons (Fsp3) is 0.185. The molecule has 0 saturated carbocycles. The number of carbonyl (C=O) groups excluding carboxylic acids is 3. The Balaban J connectivity index is 1.96. The van der Waals surface area contributed by atoms with E-state index >= 15 is 0 Å². The molecule has 1 heterocycles. The van der Waals surface area contributed by atoms with Crippen LogP contribution < -0.4 is 0 Å². The van der Waals surface area contributed by atoms with Gasteiger partial charge in [-0.2, -0.15) is 0 Å². The third-order valence-corrected chi connectivity index (χ3v) is 6.66. The lowest BCUT2D eigenvalue weighted by atomic mass is 9.92. The van der Waals surface area contributed by atoms with Gasteiger partial charge in [-0.25, -0.2) is 19.2 Å². The number of cyclic esters (lactones) is 2. The van der Waals surface area contributed by atoms with Crippen molar-refractivity contribution in [2.75, 3.05) is 6.61 Å². The molecule has 244 valence electrons. The monoisotopic (exact) mass is 650 g/mol. The second kappa shape index (κ2) is 12.0. The van der Waals surface area contributed by atoms with Gasteiger partial charge in [0.05, 0.1) is 16.7 Å². The molecule has 4 atom stereocenters. The molecule has 3 unspecified atom stereocenters.